The molecule has 1 aromatic rings. The van der Waals surface area contributed by atoms with Gasteiger partial charge in [0.25, 0.3) is 0 Å². The van der Waals surface area contributed by atoms with Crippen LogP contribution in [0, 0.1) is 0 Å². The van der Waals surface area contributed by atoms with Gasteiger partial charge in [-0.3, -0.25) is 0 Å². The first kappa shape index (κ1) is 11.9. The molecule has 0 aliphatic rings. The Labute approximate surface area is 92.4 Å². The van der Waals surface area contributed by atoms with Crippen LogP contribution in [-0.2, 0) is 11.3 Å². The van der Waals surface area contributed by atoms with Crippen molar-refractivity contribution >= 4 is 5.97 Å². The molecular formula is C10H11N3O3. The van der Waals surface area contributed by atoms with Crippen molar-refractivity contribution in [2.75, 3.05) is 14.2 Å². The van der Waals surface area contributed by atoms with Crippen molar-refractivity contribution in [2.45, 2.75) is 6.54 Å². The summed E-state index contributed by atoms with van der Waals surface area (Å²) in [6.07, 6.45) is 0. The lowest BCUT2D eigenvalue weighted by Gasteiger charge is -2.10. The van der Waals surface area contributed by atoms with Crippen LogP contribution in [0.25, 0.3) is 10.4 Å². The molecule has 0 radical (unpaired) electrons. The van der Waals surface area contributed by atoms with Crippen LogP contribution in [-0.4, -0.2) is 20.2 Å². The Hall–Kier alpha value is -2.20. The van der Waals surface area contributed by atoms with Gasteiger partial charge in [0.1, 0.15) is 5.75 Å². The summed E-state index contributed by atoms with van der Waals surface area (Å²) in [5.41, 5.74) is 9.14. The largest absolute Gasteiger partial charge is 0.496 e. The molecule has 0 aliphatic heterocycles. The molecule has 1 aromatic carbocycles. The van der Waals surface area contributed by atoms with Crippen LogP contribution in [0.5, 0.6) is 5.75 Å². The highest BCUT2D eigenvalue weighted by Crippen LogP contribution is 2.23. The zero-order chi connectivity index (χ0) is 12.0. The van der Waals surface area contributed by atoms with Crippen molar-refractivity contribution in [3.63, 3.8) is 0 Å². The number of carbonyl (C=O) groups excluding carboxylic acids is 1. The summed E-state index contributed by atoms with van der Waals surface area (Å²) in [7, 11) is 2.77. The average Bonchev–Trinajstić information content (AvgIpc) is 2.34. The fourth-order valence-corrected chi connectivity index (χ4v) is 1.32. The summed E-state index contributed by atoms with van der Waals surface area (Å²) in [5, 5.41) is 3.42. The predicted molar refractivity (Wildman–Crippen MR) is 57.2 cm³/mol. The van der Waals surface area contributed by atoms with Gasteiger partial charge in [-0.1, -0.05) is 11.2 Å². The van der Waals surface area contributed by atoms with Crippen LogP contribution >= 0.6 is 0 Å². The van der Waals surface area contributed by atoms with Crippen molar-refractivity contribution in [3.05, 3.63) is 39.8 Å². The summed E-state index contributed by atoms with van der Waals surface area (Å²) in [5.74, 6) is 0.0114. The second kappa shape index (κ2) is 5.63. The van der Waals surface area contributed by atoms with Crippen LogP contribution in [0.3, 0.4) is 0 Å². The predicted octanol–water partition coefficient (Wildman–Crippen LogP) is 2.29. The molecule has 0 fully saturated rings. The maximum atomic E-state index is 11.5. The van der Waals surface area contributed by atoms with Gasteiger partial charge >= 0.3 is 5.97 Å². The Kier molecular flexibility index (Phi) is 4.17. The average molecular weight is 221 g/mol. The third-order valence-electron chi connectivity index (χ3n) is 2.05. The molecule has 0 atom stereocenters. The van der Waals surface area contributed by atoms with E-state index < -0.39 is 5.97 Å². The van der Waals surface area contributed by atoms with Gasteiger partial charge in [0.15, 0.2) is 0 Å². The molecule has 0 aliphatic carbocycles. The lowest BCUT2D eigenvalue weighted by atomic mass is 10.1. The van der Waals surface area contributed by atoms with E-state index in [9.17, 15) is 4.79 Å². The zero-order valence-corrected chi connectivity index (χ0v) is 9.01. The van der Waals surface area contributed by atoms with Gasteiger partial charge in [0, 0.05) is 10.5 Å². The number of rotatable bonds is 4. The second-order valence-corrected chi connectivity index (χ2v) is 2.87. The summed E-state index contributed by atoms with van der Waals surface area (Å²) in [6, 6.07) is 4.95. The summed E-state index contributed by atoms with van der Waals surface area (Å²) < 4.78 is 9.71. The van der Waals surface area contributed by atoms with Gasteiger partial charge in [0.2, 0.25) is 0 Å². The summed E-state index contributed by atoms with van der Waals surface area (Å²) in [6.45, 7) is 0.0466. The standard InChI is InChI=1S/C10H11N3O3/c1-15-9-5-3-4-7(10(14)16-2)8(9)6-12-13-11/h3-5H,6H2,1-2H3. The molecule has 0 aromatic heterocycles. The van der Waals surface area contributed by atoms with Crippen LogP contribution in [0.1, 0.15) is 15.9 Å². The molecular weight excluding hydrogens is 210 g/mol. The van der Waals surface area contributed by atoms with E-state index >= 15 is 0 Å². The summed E-state index contributed by atoms with van der Waals surface area (Å²) >= 11 is 0. The lowest BCUT2D eigenvalue weighted by molar-refractivity contribution is 0.0599. The molecule has 0 amide bonds. The first-order valence-corrected chi connectivity index (χ1v) is 4.49. The van der Waals surface area contributed by atoms with Crippen LogP contribution in [0.4, 0.5) is 0 Å². The zero-order valence-electron chi connectivity index (χ0n) is 9.01. The summed E-state index contributed by atoms with van der Waals surface area (Å²) in [4.78, 5) is 14.1. The van der Waals surface area contributed by atoms with E-state index in [4.69, 9.17) is 10.3 Å². The monoisotopic (exact) mass is 221 g/mol. The van der Waals surface area contributed by atoms with Crippen LogP contribution in [0.15, 0.2) is 23.3 Å². The molecule has 16 heavy (non-hydrogen) atoms. The highest BCUT2D eigenvalue weighted by molar-refractivity contribution is 5.91. The van der Waals surface area contributed by atoms with Crippen molar-refractivity contribution in [2.24, 2.45) is 5.11 Å². The molecule has 0 bridgehead atoms. The molecule has 0 heterocycles. The van der Waals surface area contributed by atoms with Gasteiger partial charge in [0.05, 0.1) is 26.3 Å². The molecule has 0 saturated carbocycles. The van der Waals surface area contributed by atoms with E-state index in [0.29, 0.717) is 16.9 Å². The van der Waals surface area contributed by atoms with Gasteiger partial charge in [-0.2, -0.15) is 0 Å². The van der Waals surface area contributed by atoms with E-state index in [2.05, 4.69) is 14.8 Å². The minimum absolute atomic E-state index is 0.0466. The number of methoxy groups -OCH3 is 2. The number of ether oxygens (including phenoxy) is 2. The number of esters is 1. The molecule has 0 unspecified atom stereocenters. The maximum Gasteiger partial charge on any atom is 0.338 e. The smallest absolute Gasteiger partial charge is 0.338 e. The Morgan fingerprint density at radius 3 is 2.81 bits per heavy atom. The first-order valence-electron chi connectivity index (χ1n) is 4.49. The quantitative estimate of drug-likeness (QED) is 0.338. The van der Waals surface area contributed by atoms with Crippen molar-refractivity contribution in [1.82, 2.24) is 0 Å². The number of benzene rings is 1. The normalized spacial score (nSPS) is 9.12. The van der Waals surface area contributed by atoms with E-state index in [0.717, 1.165) is 0 Å². The van der Waals surface area contributed by atoms with Crippen molar-refractivity contribution < 1.29 is 14.3 Å². The first-order chi connectivity index (χ1) is 7.74. The van der Waals surface area contributed by atoms with Crippen molar-refractivity contribution in [1.29, 1.82) is 0 Å². The molecule has 0 saturated heterocycles. The van der Waals surface area contributed by atoms with Gasteiger partial charge in [-0.15, -0.1) is 0 Å². The molecule has 6 heteroatoms. The van der Waals surface area contributed by atoms with E-state index in [1.54, 1.807) is 18.2 Å². The van der Waals surface area contributed by atoms with Gasteiger partial charge in [-0.25, -0.2) is 4.79 Å². The minimum atomic E-state index is -0.484. The number of hydrogen-bond donors (Lipinski definition) is 0. The lowest BCUT2D eigenvalue weighted by Crippen LogP contribution is -2.06. The molecule has 6 nitrogen and oxygen atoms in total. The Morgan fingerprint density at radius 2 is 2.25 bits per heavy atom. The number of carbonyl (C=O) groups is 1. The number of hydrogen-bond acceptors (Lipinski definition) is 4. The highest BCUT2D eigenvalue weighted by atomic mass is 16.5. The van der Waals surface area contributed by atoms with Gasteiger partial charge < -0.3 is 9.47 Å². The third-order valence-corrected chi connectivity index (χ3v) is 2.05. The second-order valence-electron chi connectivity index (χ2n) is 2.87. The number of nitrogens with zero attached hydrogens (tertiary/aromatic N) is 3. The van der Waals surface area contributed by atoms with E-state index in [-0.39, 0.29) is 6.54 Å². The van der Waals surface area contributed by atoms with Crippen molar-refractivity contribution in [3.8, 4) is 5.75 Å². The molecule has 0 spiro atoms. The van der Waals surface area contributed by atoms with E-state index in [1.165, 1.54) is 14.2 Å². The van der Waals surface area contributed by atoms with Crippen LogP contribution in [0.2, 0.25) is 0 Å². The van der Waals surface area contributed by atoms with Crippen LogP contribution < -0.4 is 4.74 Å². The fraction of sp³-hybridized carbons (Fsp3) is 0.300. The number of azide groups is 1. The SMILES string of the molecule is COC(=O)c1cccc(OC)c1CN=[N+]=[N-]. The maximum absolute atomic E-state index is 11.5. The third kappa shape index (κ3) is 2.43. The Balaban J connectivity index is 3.24. The molecule has 84 valence electrons. The van der Waals surface area contributed by atoms with E-state index in [1.807, 2.05) is 0 Å². The topological polar surface area (TPSA) is 84.3 Å². The molecule has 1 rings (SSSR count). The Bertz CT molecular complexity index is 439. The Morgan fingerprint density at radius 1 is 1.50 bits per heavy atom. The molecule has 0 N–H and O–H groups in total. The highest BCUT2D eigenvalue weighted by Gasteiger charge is 2.14. The minimum Gasteiger partial charge on any atom is -0.496 e. The van der Waals surface area contributed by atoms with Gasteiger partial charge in [-0.05, 0) is 17.7 Å². The fourth-order valence-electron chi connectivity index (χ4n) is 1.32.